The molecule has 0 amide bonds. The number of hydrogen-bond donors (Lipinski definition) is 1. The van der Waals surface area contributed by atoms with Crippen LogP contribution in [0.5, 0.6) is 5.75 Å². The van der Waals surface area contributed by atoms with Gasteiger partial charge in [0.15, 0.2) is 0 Å². The molecule has 5 heteroatoms. The van der Waals surface area contributed by atoms with Crippen molar-refractivity contribution in [3.8, 4) is 11.4 Å². The van der Waals surface area contributed by atoms with Crippen LogP contribution in [-0.2, 0) is 0 Å². The molecule has 0 aliphatic carbocycles. The van der Waals surface area contributed by atoms with Crippen molar-refractivity contribution in [3.05, 3.63) is 35.1 Å². The molecule has 84 valence electrons. The number of nitrogens with two attached hydrogens (primary N) is 1. The fourth-order valence-corrected chi connectivity index (χ4v) is 1.72. The molecule has 0 unspecified atom stereocenters. The zero-order valence-electron chi connectivity index (χ0n) is 9.07. The first-order valence-electron chi connectivity index (χ1n) is 4.77. The number of benzene rings is 1. The molecule has 0 saturated heterocycles. The van der Waals surface area contributed by atoms with Crippen molar-refractivity contribution in [1.82, 2.24) is 9.55 Å². The zero-order chi connectivity index (χ0) is 11.7. The van der Waals surface area contributed by atoms with Gasteiger partial charge in [-0.3, -0.25) is 4.57 Å². The maximum atomic E-state index is 5.95. The van der Waals surface area contributed by atoms with E-state index in [1.165, 1.54) is 0 Å². The minimum Gasteiger partial charge on any atom is -0.495 e. The summed E-state index contributed by atoms with van der Waals surface area (Å²) in [6.07, 6.45) is 1.86. The Labute approximate surface area is 98.6 Å². The number of rotatable bonds is 2. The van der Waals surface area contributed by atoms with Crippen LogP contribution in [0.2, 0.25) is 5.02 Å². The van der Waals surface area contributed by atoms with E-state index in [2.05, 4.69) is 4.98 Å². The van der Waals surface area contributed by atoms with Crippen molar-refractivity contribution in [2.45, 2.75) is 6.92 Å². The Balaban J connectivity index is 2.52. The number of aryl methyl sites for hydroxylation is 1. The molecule has 0 atom stereocenters. The van der Waals surface area contributed by atoms with Gasteiger partial charge in [0.2, 0.25) is 5.95 Å². The fourth-order valence-electron chi connectivity index (χ4n) is 1.52. The van der Waals surface area contributed by atoms with Gasteiger partial charge in [0.05, 0.1) is 23.5 Å². The number of imidazole rings is 1. The minimum atomic E-state index is 0.446. The van der Waals surface area contributed by atoms with E-state index in [1.54, 1.807) is 17.7 Å². The highest BCUT2D eigenvalue weighted by Gasteiger charge is 2.07. The van der Waals surface area contributed by atoms with Gasteiger partial charge in [-0.15, -0.1) is 0 Å². The molecule has 16 heavy (non-hydrogen) atoms. The van der Waals surface area contributed by atoms with Gasteiger partial charge in [0.25, 0.3) is 0 Å². The molecule has 0 spiro atoms. The molecule has 0 radical (unpaired) electrons. The molecular formula is C11H12ClN3O. The molecule has 1 aromatic heterocycles. The molecule has 0 saturated carbocycles. The lowest BCUT2D eigenvalue weighted by atomic mass is 10.3. The first-order valence-corrected chi connectivity index (χ1v) is 5.15. The van der Waals surface area contributed by atoms with E-state index in [0.717, 1.165) is 11.4 Å². The minimum absolute atomic E-state index is 0.446. The summed E-state index contributed by atoms with van der Waals surface area (Å²) in [5.41, 5.74) is 7.52. The third kappa shape index (κ3) is 1.84. The average molecular weight is 238 g/mol. The lowest BCUT2D eigenvalue weighted by Gasteiger charge is -2.08. The monoisotopic (exact) mass is 237 g/mol. The maximum absolute atomic E-state index is 5.95. The second-order valence-electron chi connectivity index (χ2n) is 3.43. The van der Waals surface area contributed by atoms with Crippen molar-refractivity contribution in [3.63, 3.8) is 0 Å². The average Bonchev–Trinajstić information content (AvgIpc) is 2.59. The van der Waals surface area contributed by atoms with Crippen molar-refractivity contribution in [1.29, 1.82) is 0 Å². The zero-order valence-corrected chi connectivity index (χ0v) is 9.82. The normalized spacial score (nSPS) is 10.4. The summed E-state index contributed by atoms with van der Waals surface area (Å²) >= 11 is 5.95. The second-order valence-corrected chi connectivity index (χ2v) is 3.84. The summed E-state index contributed by atoms with van der Waals surface area (Å²) in [5, 5.41) is 0.571. The number of anilines is 1. The highest BCUT2D eigenvalue weighted by atomic mass is 35.5. The molecule has 2 rings (SSSR count). The Morgan fingerprint density at radius 2 is 2.19 bits per heavy atom. The maximum Gasteiger partial charge on any atom is 0.205 e. The molecule has 0 aliphatic heterocycles. The number of nitrogens with zero attached hydrogens (tertiary/aromatic N) is 2. The van der Waals surface area contributed by atoms with E-state index in [1.807, 2.05) is 25.3 Å². The Morgan fingerprint density at radius 3 is 2.75 bits per heavy atom. The van der Waals surface area contributed by atoms with Gasteiger partial charge in [-0.2, -0.15) is 0 Å². The lowest BCUT2D eigenvalue weighted by molar-refractivity contribution is 0.415. The number of halogens is 1. The van der Waals surface area contributed by atoms with Crippen molar-refractivity contribution < 1.29 is 4.74 Å². The van der Waals surface area contributed by atoms with E-state index in [4.69, 9.17) is 22.1 Å². The highest BCUT2D eigenvalue weighted by Crippen LogP contribution is 2.27. The molecule has 1 heterocycles. The first kappa shape index (κ1) is 10.8. The number of ether oxygens (including phenoxy) is 1. The van der Waals surface area contributed by atoms with Crippen LogP contribution in [0.25, 0.3) is 5.69 Å². The number of hydrogen-bond acceptors (Lipinski definition) is 3. The quantitative estimate of drug-likeness (QED) is 0.873. The largest absolute Gasteiger partial charge is 0.495 e. The van der Waals surface area contributed by atoms with E-state index in [9.17, 15) is 0 Å². The Morgan fingerprint density at radius 1 is 1.44 bits per heavy atom. The smallest absolute Gasteiger partial charge is 0.205 e. The topological polar surface area (TPSA) is 53.1 Å². The van der Waals surface area contributed by atoms with Gasteiger partial charge in [0, 0.05) is 12.3 Å². The van der Waals surface area contributed by atoms with Gasteiger partial charge in [0.1, 0.15) is 5.75 Å². The second kappa shape index (κ2) is 4.06. The van der Waals surface area contributed by atoms with E-state index in [0.29, 0.717) is 16.7 Å². The Bertz CT molecular complexity index is 522. The predicted octanol–water partition coefficient (Wildman–Crippen LogP) is 2.42. The molecule has 2 N–H and O–H groups in total. The molecule has 0 fully saturated rings. The van der Waals surface area contributed by atoms with Crippen LogP contribution in [0.3, 0.4) is 0 Å². The molecule has 0 bridgehead atoms. The van der Waals surface area contributed by atoms with Crippen LogP contribution in [0, 0.1) is 6.92 Å². The van der Waals surface area contributed by atoms with Crippen LogP contribution in [0.4, 0.5) is 5.95 Å². The van der Waals surface area contributed by atoms with Crippen LogP contribution >= 0.6 is 11.6 Å². The van der Waals surface area contributed by atoms with E-state index in [-0.39, 0.29) is 0 Å². The van der Waals surface area contributed by atoms with Gasteiger partial charge in [-0.25, -0.2) is 4.98 Å². The third-order valence-electron chi connectivity index (χ3n) is 2.27. The molecule has 0 aliphatic rings. The van der Waals surface area contributed by atoms with Crippen LogP contribution in [0.15, 0.2) is 24.4 Å². The lowest BCUT2D eigenvalue weighted by Crippen LogP contribution is -1.99. The molecule has 2 aromatic rings. The van der Waals surface area contributed by atoms with Gasteiger partial charge in [-0.1, -0.05) is 11.6 Å². The van der Waals surface area contributed by atoms with Gasteiger partial charge in [-0.05, 0) is 19.1 Å². The summed E-state index contributed by atoms with van der Waals surface area (Å²) in [7, 11) is 1.58. The molecule has 1 aromatic carbocycles. The summed E-state index contributed by atoms with van der Waals surface area (Å²) in [6.45, 7) is 1.89. The van der Waals surface area contributed by atoms with Gasteiger partial charge < -0.3 is 10.5 Å². The third-order valence-corrected chi connectivity index (χ3v) is 2.58. The number of nitrogen functional groups attached to an aromatic ring is 1. The van der Waals surface area contributed by atoms with E-state index >= 15 is 0 Å². The standard InChI is InChI=1S/C11H12ClN3O/c1-7-6-15(11(13)14-7)8-3-4-9(12)10(5-8)16-2/h3-6H,1-2H3,(H2,13,14). The van der Waals surface area contributed by atoms with Gasteiger partial charge >= 0.3 is 0 Å². The number of methoxy groups -OCH3 is 1. The Hall–Kier alpha value is -1.68. The number of aromatic nitrogens is 2. The van der Waals surface area contributed by atoms with Crippen LogP contribution in [0.1, 0.15) is 5.69 Å². The van der Waals surface area contributed by atoms with E-state index < -0.39 is 0 Å². The van der Waals surface area contributed by atoms with Crippen LogP contribution < -0.4 is 10.5 Å². The van der Waals surface area contributed by atoms with Crippen molar-refractivity contribution in [2.75, 3.05) is 12.8 Å². The SMILES string of the molecule is COc1cc(-n2cc(C)nc2N)ccc1Cl. The summed E-state index contributed by atoms with van der Waals surface area (Å²) in [6, 6.07) is 5.45. The molecular weight excluding hydrogens is 226 g/mol. The summed E-state index contributed by atoms with van der Waals surface area (Å²) in [4.78, 5) is 4.13. The first-order chi connectivity index (χ1) is 7.61. The fraction of sp³-hybridized carbons (Fsp3) is 0.182. The Kier molecular flexibility index (Phi) is 2.75. The summed E-state index contributed by atoms with van der Waals surface area (Å²) < 4.78 is 6.93. The molecule has 4 nitrogen and oxygen atoms in total. The predicted molar refractivity (Wildman–Crippen MR) is 64.3 cm³/mol. The summed E-state index contributed by atoms with van der Waals surface area (Å²) in [5.74, 6) is 1.06. The van der Waals surface area contributed by atoms with Crippen molar-refractivity contribution >= 4 is 17.5 Å². The highest BCUT2D eigenvalue weighted by molar-refractivity contribution is 6.32. The van der Waals surface area contributed by atoms with Crippen molar-refractivity contribution in [2.24, 2.45) is 0 Å². The van der Waals surface area contributed by atoms with Crippen LogP contribution in [-0.4, -0.2) is 16.7 Å².